The lowest BCUT2D eigenvalue weighted by Crippen LogP contribution is -2.38. The van der Waals surface area contributed by atoms with Crippen LogP contribution in [-0.2, 0) is 6.42 Å². The number of carbonyl (C=O) groups is 1. The molecule has 2 aromatic rings. The topological polar surface area (TPSA) is 85.6 Å². The van der Waals surface area contributed by atoms with Crippen molar-refractivity contribution in [1.29, 1.82) is 0 Å². The molecule has 7 heteroatoms. The maximum absolute atomic E-state index is 12.9. The molecular weight excluding hydrogens is 394 g/mol. The van der Waals surface area contributed by atoms with Gasteiger partial charge in [-0.25, -0.2) is 4.68 Å². The number of carbonyl (C=O) groups excluding carboxylic acids is 1. The summed E-state index contributed by atoms with van der Waals surface area (Å²) in [4.78, 5) is 12.9. The molecule has 31 heavy (non-hydrogen) atoms. The van der Waals surface area contributed by atoms with Crippen molar-refractivity contribution in [2.75, 3.05) is 14.2 Å². The molecule has 1 aromatic carbocycles. The molecule has 164 valence electrons. The van der Waals surface area contributed by atoms with Crippen LogP contribution in [0.1, 0.15) is 53.8 Å². The lowest BCUT2D eigenvalue weighted by molar-refractivity contribution is 0.0863. The molecule has 0 radical (unpaired) electrons. The summed E-state index contributed by atoms with van der Waals surface area (Å²) in [5, 5.41) is 17.4. The van der Waals surface area contributed by atoms with E-state index >= 15 is 0 Å². The number of aryl methyl sites for hydroxylation is 1. The Bertz CT molecular complexity index is 1000. The average molecular weight is 424 g/mol. The maximum atomic E-state index is 12.9. The maximum Gasteiger partial charge on any atom is 0.272 e. The second-order valence-corrected chi connectivity index (χ2v) is 8.00. The number of aliphatic hydroxyl groups is 1. The van der Waals surface area contributed by atoms with E-state index < -0.39 is 0 Å². The highest BCUT2D eigenvalue weighted by Gasteiger charge is 2.24. The minimum absolute atomic E-state index is 0.0858. The highest BCUT2D eigenvalue weighted by molar-refractivity contribution is 5.93. The van der Waals surface area contributed by atoms with Gasteiger partial charge in [-0.1, -0.05) is 12.2 Å². The fraction of sp³-hybridized carbons (Fsp3) is 0.417. The third kappa shape index (κ3) is 4.66. The zero-order chi connectivity index (χ0) is 21.8. The molecule has 1 aromatic heterocycles. The standard InChI is InChI=1S/C24H29N3O4/c1-30-22-13-8-16(14-23(22)31-2)21-7-5-3-4-6-18-15-20(26-27(18)21)24(29)25-17-9-11-19(28)12-10-17/h3,5,7-8,13-15,17,19,28H,4,6,9-12H2,1-2H3,(H,25,29)/b5-3-,21-7-/t17-,19-. The van der Waals surface area contributed by atoms with Gasteiger partial charge >= 0.3 is 0 Å². The number of nitrogens with zero attached hydrogens (tertiary/aromatic N) is 2. The molecule has 0 bridgehead atoms. The van der Waals surface area contributed by atoms with E-state index in [1.807, 2.05) is 41.1 Å². The smallest absolute Gasteiger partial charge is 0.272 e. The minimum Gasteiger partial charge on any atom is -0.493 e. The number of ether oxygens (including phenoxy) is 2. The van der Waals surface area contributed by atoms with Crippen LogP contribution in [0.15, 0.2) is 42.5 Å². The number of benzene rings is 1. The molecular formula is C24H29N3O4. The SMILES string of the molecule is COc1ccc(/C2=C/C=C\CCc3cc(C(=O)N[C@H]4CC[C@H](O)CC4)nn32)cc1OC. The van der Waals surface area contributed by atoms with E-state index in [4.69, 9.17) is 9.47 Å². The average Bonchev–Trinajstić information content (AvgIpc) is 3.18. The summed E-state index contributed by atoms with van der Waals surface area (Å²) >= 11 is 0. The molecule has 0 unspecified atom stereocenters. The van der Waals surface area contributed by atoms with Crippen LogP contribution < -0.4 is 14.8 Å². The number of amides is 1. The Morgan fingerprint density at radius 2 is 1.90 bits per heavy atom. The number of allylic oxidation sites excluding steroid dienone is 3. The van der Waals surface area contributed by atoms with Crippen molar-refractivity contribution in [2.24, 2.45) is 0 Å². The fourth-order valence-electron chi connectivity index (χ4n) is 4.17. The van der Waals surface area contributed by atoms with E-state index in [-0.39, 0.29) is 18.1 Å². The number of methoxy groups -OCH3 is 2. The third-order valence-electron chi connectivity index (χ3n) is 5.91. The zero-order valence-electron chi connectivity index (χ0n) is 18.0. The molecule has 2 aliphatic rings. The van der Waals surface area contributed by atoms with Gasteiger partial charge in [-0.3, -0.25) is 4.79 Å². The van der Waals surface area contributed by atoms with Crippen LogP contribution in [-0.4, -0.2) is 47.2 Å². The van der Waals surface area contributed by atoms with Gasteiger partial charge in [0.1, 0.15) is 0 Å². The summed E-state index contributed by atoms with van der Waals surface area (Å²) in [7, 11) is 3.22. The van der Waals surface area contributed by atoms with Crippen molar-refractivity contribution >= 4 is 11.6 Å². The van der Waals surface area contributed by atoms with Crippen LogP contribution >= 0.6 is 0 Å². The van der Waals surface area contributed by atoms with Crippen molar-refractivity contribution in [1.82, 2.24) is 15.1 Å². The van der Waals surface area contributed by atoms with Crippen molar-refractivity contribution in [3.8, 4) is 11.5 Å². The van der Waals surface area contributed by atoms with Crippen LogP contribution in [0.4, 0.5) is 0 Å². The van der Waals surface area contributed by atoms with E-state index in [0.29, 0.717) is 17.2 Å². The summed E-state index contributed by atoms with van der Waals surface area (Å²) in [6, 6.07) is 7.70. The van der Waals surface area contributed by atoms with Crippen LogP contribution in [0.2, 0.25) is 0 Å². The molecule has 4 rings (SSSR count). The van der Waals surface area contributed by atoms with Crippen molar-refractivity contribution in [2.45, 2.75) is 50.7 Å². The fourth-order valence-corrected chi connectivity index (χ4v) is 4.17. The lowest BCUT2D eigenvalue weighted by Gasteiger charge is -2.25. The quantitative estimate of drug-likeness (QED) is 0.771. The van der Waals surface area contributed by atoms with Gasteiger partial charge in [0.2, 0.25) is 0 Å². The highest BCUT2D eigenvalue weighted by atomic mass is 16.5. The predicted molar refractivity (Wildman–Crippen MR) is 118 cm³/mol. The van der Waals surface area contributed by atoms with Crippen molar-refractivity contribution in [3.05, 3.63) is 59.4 Å². The number of aromatic nitrogens is 2. The molecule has 1 aliphatic heterocycles. The second-order valence-electron chi connectivity index (χ2n) is 8.00. The number of aliphatic hydroxyl groups excluding tert-OH is 1. The Morgan fingerprint density at radius 1 is 1.13 bits per heavy atom. The summed E-state index contributed by atoms with van der Waals surface area (Å²) in [5.74, 6) is 1.13. The van der Waals surface area contributed by atoms with E-state index in [0.717, 1.165) is 55.5 Å². The first-order valence-corrected chi connectivity index (χ1v) is 10.8. The molecule has 2 heterocycles. The molecule has 1 fully saturated rings. The van der Waals surface area contributed by atoms with Crippen LogP contribution in [0.3, 0.4) is 0 Å². The van der Waals surface area contributed by atoms with Crippen molar-refractivity contribution < 1.29 is 19.4 Å². The van der Waals surface area contributed by atoms with Gasteiger partial charge in [0.15, 0.2) is 17.2 Å². The molecule has 0 saturated heterocycles. The molecule has 1 saturated carbocycles. The Balaban J connectivity index is 1.63. The van der Waals surface area contributed by atoms with Crippen molar-refractivity contribution in [3.63, 3.8) is 0 Å². The van der Waals surface area contributed by atoms with Gasteiger partial charge in [-0.05, 0) is 68.9 Å². The van der Waals surface area contributed by atoms with E-state index in [1.54, 1.807) is 14.2 Å². The van der Waals surface area contributed by atoms with Gasteiger partial charge < -0.3 is 19.9 Å². The number of rotatable bonds is 5. The van der Waals surface area contributed by atoms with Gasteiger partial charge in [0.05, 0.1) is 26.0 Å². The summed E-state index contributed by atoms with van der Waals surface area (Å²) in [5.41, 5.74) is 3.18. The Labute approximate surface area is 182 Å². The first-order chi connectivity index (χ1) is 15.1. The van der Waals surface area contributed by atoms with Gasteiger partial charge in [-0.15, -0.1) is 0 Å². The summed E-state index contributed by atoms with van der Waals surface area (Å²) in [6.45, 7) is 0. The predicted octanol–water partition coefficient (Wildman–Crippen LogP) is 3.33. The van der Waals surface area contributed by atoms with E-state index in [2.05, 4.69) is 16.5 Å². The molecule has 2 N–H and O–H groups in total. The minimum atomic E-state index is -0.248. The summed E-state index contributed by atoms with van der Waals surface area (Å²) < 4.78 is 12.7. The largest absolute Gasteiger partial charge is 0.493 e. The molecule has 1 amide bonds. The normalized spacial score (nSPS) is 23.5. The Morgan fingerprint density at radius 3 is 2.65 bits per heavy atom. The molecule has 7 nitrogen and oxygen atoms in total. The number of hydrogen-bond donors (Lipinski definition) is 2. The molecule has 0 spiro atoms. The van der Waals surface area contributed by atoms with Crippen LogP contribution in [0.5, 0.6) is 11.5 Å². The third-order valence-corrected chi connectivity index (χ3v) is 5.91. The lowest BCUT2D eigenvalue weighted by atomic mass is 9.93. The van der Waals surface area contributed by atoms with Gasteiger partial charge in [-0.2, -0.15) is 5.10 Å². The summed E-state index contributed by atoms with van der Waals surface area (Å²) in [6.07, 6.45) is 10.6. The molecule has 1 aliphatic carbocycles. The van der Waals surface area contributed by atoms with E-state index in [1.165, 1.54) is 0 Å². The van der Waals surface area contributed by atoms with Gasteiger partial charge in [0.25, 0.3) is 5.91 Å². The Hall–Kier alpha value is -3.06. The first-order valence-electron chi connectivity index (χ1n) is 10.8. The number of fused-ring (bicyclic) bond motifs is 1. The van der Waals surface area contributed by atoms with Crippen LogP contribution in [0.25, 0.3) is 5.70 Å². The first kappa shape index (κ1) is 21.2. The monoisotopic (exact) mass is 423 g/mol. The number of hydrogen-bond acceptors (Lipinski definition) is 5. The number of nitrogens with one attached hydrogen (secondary N) is 1. The van der Waals surface area contributed by atoms with E-state index in [9.17, 15) is 9.90 Å². The zero-order valence-corrected chi connectivity index (χ0v) is 18.0. The molecule has 0 atom stereocenters. The van der Waals surface area contributed by atoms with Gasteiger partial charge in [0, 0.05) is 17.3 Å². The van der Waals surface area contributed by atoms with Crippen LogP contribution in [0, 0.1) is 0 Å². The Kier molecular flexibility index (Phi) is 6.42. The highest BCUT2D eigenvalue weighted by Crippen LogP contribution is 2.32. The second kappa shape index (κ2) is 9.39.